The van der Waals surface area contributed by atoms with Gasteiger partial charge in [0.2, 0.25) is 0 Å². The van der Waals surface area contributed by atoms with Gasteiger partial charge in [-0.05, 0) is 61.8 Å². The van der Waals surface area contributed by atoms with E-state index >= 15 is 0 Å². The third-order valence-electron chi connectivity index (χ3n) is 4.73. The first-order chi connectivity index (χ1) is 7.61. The molecule has 2 bridgehead atoms. The molecule has 0 spiro atoms. The van der Waals surface area contributed by atoms with Gasteiger partial charge in [-0.2, -0.15) is 0 Å². The monoisotopic (exact) mass is 223 g/mol. The van der Waals surface area contributed by atoms with Gasteiger partial charge in [0, 0.05) is 6.54 Å². The minimum absolute atomic E-state index is 0.504. The van der Waals surface area contributed by atoms with Crippen LogP contribution in [-0.2, 0) is 0 Å². The van der Waals surface area contributed by atoms with Gasteiger partial charge in [-0.1, -0.05) is 27.2 Å². The average molecular weight is 223 g/mol. The molecule has 0 aromatic carbocycles. The minimum Gasteiger partial charge on any atom is -0.316 e. The molecule has 0 aromatic heterocycles. The maximum atomic E-state index is 3.59. The normalized spacial score (nSPS) is 33.6. The van der Waals surface area contributed by atoms with E-state index < -0.39 is 0 Å². The van der Waals surface area contributed by atoms with Gasteiger partial charge in [-0.25, -0.2) is 0 Å². The van der Waals surface area contributed by atoms with Crippen molar-refractivity contribution in [3.8, 4) is 0 Å². The molecule has 0 radical (unpaired) electrons. The molecule has 94 valence electrons. The molecule has 3 unspecified atom stereocenters. The molecule has 1 nitrogen and oxygen atoms in total. The fourth-order valence-corrected chi connectivity index (χ4v) is 4.01. The van der Waals surface area contributed by atoms with E-state index in [2.05, 4.69) is 26.1 Å². The summed E-state index contributed by atoms with van der Waals surface area (Å²) in [7, 11) is 0. The Morgan fingerprint density at radius 1 is 1.19 bits per heavy atom. The van der Waals surface area contributed by atoms with E-state index in [9.17, 15) is 0 Å². The molecular formula is C15H29N. The average Bonchev–Trinajstić information content (AvgIpc) is 2.78. The van der Waals surface area contributed by atoms with Crippen molar-refractivity contribution in [2.45, 2.75) is 59.3 Å². The molecule has 3 atom stereocenters. The maximum absolute atomic E-state index is 3.59. The van der Waals surface area contributed by atoms with Crippen molar-refractivity contribution in [1.29, 1.82) is 0 Å². The van der Waals surface area contributed by atoms with Crippen molar-refractivity contribution in [2.75, 3.05) is 13.1 Å². The van der Waals surface area contributed by atoms with Gasteiger partial charge in [-0.15, -0.1) is 0 Å². The van der Waals surface area contributed by atoms with Crippen molar-refractivity contribution in [1.82, 2.24) is 5.32 Å². The first-order valence-corrected chi connectivity index (χ1v) is 7.31. The number of hydrogen-bond donors (Lipinski definition) is 1. The summed E-state index contributed by atoms with van der Waals surface area (Å²) in [4.78, 5) is 0. The second-order valence-corrected chi connectivity index (χ2v) is 6.98. The summed E-state index contributed by atoms with van der Waals surface area (Å²) in [6, 6.07) is 0. The molecule has 0 aliphatic heterocycles. The largest absolute Gasteiger partial charge is 0.316 e. The Morgan fingerprint density at radius 3 is 2.56 bits per heavy atom. The molecule has 1 N–H and O–H groups in total. The summed E-state index contributed by atoms with van der Waals surface area (Å²) >= 11 is 0. The van der Waals surface area contributed by atoms with Gasteiger partial charge in [0.25, 0.3) is 0 Å². The molecule has 0 aromatic rings. The minimum atomic E-state index is 0.504. The summed E-state index contributed by atoms with van der Waals surface area (Å²) in [5.41, 5.74) is 0.504. The van der Waals surface area contributed by atoms with Crippen molar-refractivity contribution in [2.24, 2.45) is 23.2 Å². The zero-order valence-electron chi connectivity index (χ0n) is 11.4. The quantitative estimate of drug-likeness (QED) is 0.675. The van der Waals surface area contributed by atoms with Crippen molar-refractivity contribution in [3.05, 3.63) is 0 Å². The Bertz CT molecular complexity index is 221. The third-order valence-corrected chi connectivity index (χ3v) is 4.73. The van der Waals surface area contributed by atoms with Crippen molar-refractivity contribution in [3.63, 3.8) is 0 Å². The van der Waals surface area contributed by atoms with E-state index in [1.54, 1.807) is 12.8 Å². The van der Waals surface area contributed by atoms with E-state index in [0.29, 0.717) is 5.41 Å². The highest BCUT2D eigenvalue weighted by molar-refractivity contribution is 4.92. The second kappa shape index (κ2) is 5.08. The van der Waals surface area contributed by atoms with Crippen molar-refractivity contribution >= 4 is 0 Å². The van der Waals surface area contributed by atoms with E-state index in [-0.39, 0.29) is 0 Å². The Labute approximate surface area is 101 Å². The molecule has 2 rings (SSSR count). The number of nitrogens with one attached hydrogen (secondary N) is 1. The van der Waals surface area contributed by atoms with Gasteiger partial charge in [0.1, 0.15) is 0 Å². The summed E-state index contributed by atoms with van der Waals surface area (Å²) in [5, 5.41) is 3.59. The Morgan fingerprint density at radius 2 is 2.00 bits per heavy atom. The van der Waals surface area contributed by atoms with Crippen LogP contribution in [0.25, 0.3) is 0 Å². The first-order valence-electron chi connectivity index (χ1n) is 7.31. The second-order valence-electron chi connectivity index (χ2n) is 6.98. The molecule has 2 aliphatic carbocycles. The lowest BCUT2D eigenvalue weighted by atomic mass is 9.76. The van der Waals surface area contributed by atoms with Crippen LogP contribution in [0.5, 0.6) is 0 Å². The molecular weight excluding hydrogens is 194 g/mol. The number of hydrogen-bond acceptors (Lipinski definition) is 1. The van der Waals surface area contributed by atoms with Crippen LogP contribution in [0.15, 0.2) is 0 Å². The van der Waals surface area contributed by atoms with Crippen LogP contribution in [0.3, 0.4) is 0 Å². The highest BCUT2D eigenvalue weighted by atomic mass is 14.9. The van der Waals surface area contributed by atoms with E-state index in [0.717, 1.165) is 17.8 Å². The first kappa shape index (κ1) is 12.4. The molecule has 2 saturated carbocycles. The zero-order valence-corrected chi connectivity index (χ0v) is 11.4. The lowest BCUT2D eigenvalue weighted by Crippen LogP contribution is -2.32. The smallest absolute Gasteiger partial charge is 0.000262 e. The van der Waals surface area contributed by atoms with Crippen LogP contribution in [0.4, 0.5) is 0 Å². The topological polar surface area (TPSA) is 12.0 Å². The van der Waals surface area contributed by atoms with Crippen LogP contribution in [-0.4, -0.2) is 13.1 Å². The molecule has 1 heteroatoms. The van der Waals surface area contributed by atoms with Gasteiger partial charge in [0.05, 0.1) is 0 Å². The lowest BCUT2D eigenvalue weighted by Gasteiger charge is -2.32. The van der Waals surface area contributed by atoms with Crippen molar-refractivity contribution < 1.29 is 0 Å². The van der Waals surface area contributed by atoms with Gasteiger partial charge in [0.15, 0.2) is 0 Å². The van der Waals surface area contributed by atoms with Gasteiger partial charge in [-0.3, -0.25) is 0 Å². The Hall–Kier alpha value is -0.0400. The maximum Gasteiger partial charge on any atom is 0.000262 e. The highest BCUT2D eigenvalue weighted by Gasteiger charge is 2.41. The van der Waals surface area contributed by atoms with E-state index in [4.69, 9.17) is 0 Å². The van der Waals surface area contributed by atoms with Crippen LogP contribution in [0.2, 0.25) is 0 Å². The molecule has 0 amide bonds. The van der Waals surface area contributed by atoms with Gasteiger partial charge < -0.3 is 5.32 Å². The lowest BCUT2D eigenvalue weighted by molar-refractivity contribution is 0.202. The number of fused-ring (bicyclic) bond motifs is 2. The summed E-state index contributed by atoms with van der Waals surface area (Å²) in [6.07, 6.45) is 8.88. The number of rotatable bonds is 6. The van der Waals surface area contributed by atoms with Crippen LogP contribution >= 0.6 is 0 Å². The zero-order chi connectivity index (χ0) is 11.6. The van der Waals surface area contributed by atoms with E-state index in [1.165, 1.54) is 38.8 Å². The fourth-order valence-electron chi connectivity index (χ4n) is 4.01. The standard InChI is InChI=1S/C15H29N/c1-4-7-16-11-15(2,3)10-14-9-12-5-6-13(14)8-12/h12-14,16H,4-11H2,1-3H3. The summed E-state index contributed by atoms with van der Waals surface area (Å²) < 4.78 is 0. The molecule has 0 heterocycles. The summed E-state index contributed by atoms with van der Waals surface area (Å²) in [6.45, 7) is 9.52. The molecule has 16 heavy (non-hydrogen) atoms. The summed E-state index contributed by atoms with van der Waals surface area (Å²) in [5.74, 6) is 3.25. The van der Waals surface area contributed by atoms with Crippen LogP contribution in [0, 0.1) is 23.2 Å². The molecule has 2 aliphatic rings. The van der Waals surface area contributed by atoms with Crippen LogP contribution in [0.1, 0.15) is 59.3 Å². The van der Waals surface area contributed by atoms with E-state index in [1.807, 2.05) is 0 Å². The molecule has 0 saturated heterocycles. The third kappa shape index (κ3) is 3.00. The predicted octanol–water partition coefficient (Wildman–Crippen LogP) is 3.84. The van der Waals surface area contributed by atoms with Crippen LogP contribution < -0.4 is 5.32 Å². The Kier molecular flexibility index (Phi) is 3.94. The SMILES string of the molecule is CCCNCC(C)(C)CC1CC2CCC1C2. The Balaban J connectivity index is 1.75. The highest BCUT2D eigenvalue weighted by Crippen LogP contribution is 2.51. The predicted molar refractivity (Wildman–Crippen MR) is 70.5 cm³/mol. The fraction of sp³-hybridized carbons (Fsp3) is 1.00. The van der Waals surface area contributed by atoms with Gasteiger partial charge >= 0.3 is 0 Å². The molecule has 2 fully saturated rings.